The van der Waals surface area contributed by atoms with Crippen LogP contribution >= 0.6 is 0 Å². The Labute approximate surface area is 150 Å². The standard InChI is InChI=1S/C23H24N2/c1-3-25-21-17-11-10-16-20(21)23(22(25)18-12-6-4-7-13-18)24(2)19-14-8-5-9-15-19/h4-17,22-23H,3H2,1-2H3. The lowest BCUT2D eigenvalue weighted by Gasteiger charge is -2.35. The number of anilines is 2. The molecule has 0 aliphatic carbocycles. The van der Waals surface area contributed by atoms with Crippen LogP contribution in [-0.4, -0.2) is 13.6 Å². The fourth-order valence-electron chi connectivity index (χ4n) is 4.11. The van der Waals surface area contributed by atoms with Crippen molar-refractivity contribution in [1.29, 1.82) is 0 Å². The number of hydrogen-bond acceptors (Lipinski definition) is 2. The van der Waals surface area contributed by atoms with Crippen LogP contribution in [0.25, 0.3) is 0 Å². The lowest BCUT2D eigenvalue weighted by molar-refractivity contribution is 0.544. The summed E-state index contributed by atoms with van der Waals surface area (Å²) < 4.78 is 0. The number of hydrogen-bond donors (Lipinski definition) is 0. The number of benzene rings is 3. The van der Waals surface area contributed by atoms with Crippen molar-refractivity contribution < 1.29 is 0 Å². The Morgan fingerprint density at radius 3 is 2.08 bits per heavy atom. The highest BCUT2D eigenvalue weighted by Gasteiger charge is 2.40. The Kier molecular flexibility index (Phi) is 4.19. The summed E-state index contributed by atoms with van der Waals surface area (Å²) in [5, 5.41) is 0. The fraction of sp³-hybridized carbons (Fsp3) is 0.217. The van der Waals surface area contributed by atoms with Gasteiger partial charge in [0, 0.05) is 30.5 Å². The van der Waals surface area contributed by atoms with E-state index < -0.39 is 0 Å². The molecule has 0 saturated carbocycles. The maximum Gasteiger partial charge on any atom is 0.0804 e. The van der Waals surface area contributed by atoms with Crippen LogP contribution in [0.2, 0.25) is 0 Å². The van der Waals surface area contributed by atoms with Crippen molar-refractivity contribution >= 4 is 11.4 Å². The zero-order chi connectivity index (χ0) is 17.2. The molecule has 4 rings (SSSR count). The predicted molar refractivity (Wildman–Crippen MR) is 106 cm³/mol. The van der Waals surface area contributed by atoms with E-state index in [4.69, 9.17) is 0 Å². The Hall–Kier alpha value is -2.74. The van der Waals surface area contributed by atoms with Crippen molar-refractivity contribution in [3.8, 4) is 0 Å². The Balaban J connectivity index is 1.85. The van der Waals surface area contributed by atoms with Gasteiger partial charge in [-0.25, -0.2) is 0 Å². The minimum Gasteiger partial charge on any atom is -0.365 e. The second-order valence-corrected chi connectivity index (χ2v) is 6.59. The quantitative estimate of drug-likeness (QED) is 0.629. The smallest absolute Gasteiger partial charge is 0.0804 e. The molecule has 126 valence electrons. The Morgan fingerprint density at radius 1 is 0.800 bits per heavy atom. The third-order valence-electron chi connectivity index (χ3n) is 5.26. The van der Waals surface area contributed by atoms with Crippen molar-refractivity contribution in [3.63, 3.8) is 0 Å². The lowest BCUT2D eigenvalue weighted by Crippen LogP contribution is -2.33. The lowest BCUT2D eigenvalue weighted by atomic mass is 9.95. The molecular formula is C23H24N2. The van der Waals surface area contributed by atoms with Gasteiger partial charge >= 0.3 is 0 Å². The summed E-state index contributed by atoms with van der Waals surface area (Å²) in [5.74, 6) is 0. The van der Waals surface area contributed by atoms with Gasteiger partial charge < -0.3 is 9.80 Å². The van der Waals surface area contributed by atoms with Crippen LogP contribution in [0.1, 0.15) is 30.1 Å². The van der Waals surface area contributed by atoms with Gasteiger partial charge in [0.2, 0.25) is 0 Å². The molecule has 1 aliphatic heterocycles. The molecule has 0 spiro atoms. The van der Waals surface area contributed by atoms with Crippen molar-refractivity contribution in [2.45, 2.75) is 19.0 Å². The third kappa shape index (κ3) is 2.68. The van der Waals surface area contributed by atoms with Gasteiger partial charge in [-0.3, -0.25) is 0 Å². The molecule has 0 amide bonds. The summed E-state index contributed by atoms with van der Waals surface area (Å²) in [6.45, 7) is 3.24. The minimum absolute atomic E-state index is 0.293. The van der Waals surface area contributed by atoms with Crippen LogP contribution in [-0.2, 0) is 0 Å². The van der Waals surface area contributed by atoms with Crippen LogP contribution in [0, 0.1) is 0 Å². The molecule has 2 heteroatoms. The van der Waals surface area contributed by atoms with Gasteiger partial charge in [-0.15, -0.1) is 0 Å². The van der Waals surface area contributed by atoms with Crippen molar-refractivity contribution in [2.24, 2.45) is 0 Å². The number of fused-ring (bicyclic) bond motifs is 1. The number of nitrogens with zero attached hydrogens (tertiary/aromatic N) is 2. The molecule has 2 unspecified atom stereocenters. The third-order valence-corrected chi connectivity index (χ3v) is 5.26. The normalized spacial score (nSPS) is 18.9. The fourth-order valence-corrected chi connectivity index (χ4v) is 4.11. The monoisotopic (exact) mass is 328 g/mol. The summed E-state index contributed by atoms with van der Waals surface area (Å²) in [7, 11) is 2.21. The van der Waals surface area contributed by atoms with E-state index in [-0.39, 0.29) is 0 Å². The molecule has 0 N–H and O–H groups in total. The van der Waals surface area contributed by atoms with Crippen LogP contribution in [0.15, 0.2) is 84.9 Å². The van der Waals surface area contributed by atoms with E-state index in [0.717, 1.165) is 6.54 Å². The molecule has 0 saturated heterocycles. The van der Waals surface area contributed by atoms with E-state index in [2.05, 4.69) is 109 Å². The first-order valence-electron chi connectivity index (χ1n) is 8.99. The molecule has 0 radical (unpaired) electrons. The first-order chi connectivity index (χ1) is 12.3. The highest BCUT2D eigenvalue weighted by Crippen LogP contribution is 2.50. The summed E-state index contributed by atoms with van der Waals surface area (Å²) in [6.07, 6.45) is 0. The van der Waals surface area contributed by atoms with E-state index in [1.54, 1.807) is 0 Å². The van der Waals surface area contributed by atoms with Crippen molar-refractivity contribution in [1.82, 2.24) is 0 Å². The van der Waals surface area contributed by atoms with Crippen LogP contribution in [0.5, 0.6) is 0 Å². The second-order valence-electron chi connectivity index (χ2n) is 6.59. The molecule has 3 aromatic carbocycles. The van der Waals surface area contributed by atoms with Crippen LogP contribution in [0.3, 0.4) is 0 Å². The zero-order valence-corrected chi connectivity index (χ0v) is 14.8. The Morgan fingerprint density at radius 2 is 1.40 bits per heavy atom. The highest BCUT2D eigenvalue weighted by atomic mass is 15.3. The van der Waals surface area contributed by atoms with E-state index in [1.165, 1.54) is 22.5 Å². The average molecular weight is 328 g/mol. The molecule has 0 aromatic heterocycles. The van der Waals surface area contributed by atoms with Gasteiger partial charge in [0.05, 0.1) is 12.1 Å². The molecule has 1 heterocycles. The van der Waals surface area contributed by atoms with Crippen LogP contribution < -0.4 is 9.80 Å². The van der Waals surface area contributed by atoms with E-state index in [0.29, 0.717) is 12.1 Å². The molecule has 3 aromatic rings. The van der Waals surface area contributed by atoms with Gasteiger partial charge in [0.15, 0.2) is 0 Å². The minimum atomic E-state index is 0.293. The molecule has 2 atom stereocenters. The SMILES string of the molecule is CCN1c2ccccc2C(N(C)c2ccccc2)C1c1ccccc1. The molecule has 2 nitrogen and oxygen atoms in total. The number of para-hydroxylation sites is 2. The number of likely N-dealkylation sites (N-methyl/N-ethyl adjacent to an activating group) is 2. The summed E-state index contributed by atoms with van der Waals surface area (Å²) in [6, 6.07) is 31.0. The van der Waals surface area contributed by atoms with Gasteiger partial charge in [-0.2, -0.15) is 0 Å². The van der Waals surface area contributed by atoms with Gasteiger partial charge in [0.25, 0.3) is 0 Å². The van der Waals surface area contributed by atoms with E-state index in [1.807, 2.05) is 0 Å². The maximum atomic E-state index is 2.54. The zero-order valence-electron chi connectivity index (χ0n) is 14.8. The molecular weight excluding hydrogens is 304 g/mol. The first-order valence-corrected chi connectivity index (χ1v) is 8.99. The molecule has 1 aliphatic rings. The van der Waals surface area contributed by atoms with Gasteiger partial charge in [-0.1, -0.05) is 66.7 Å². The molecule has 0 bridgehead atoms. The molecule has 25 heavy (non-hydrogen) atoms. The summed E-state index contributed by atoms with van der Waals surface area (Å²) >= 11 is 0. The number of rotatable bonds is 4. The second kappa shape index (κ2) is 6.64. The topological polar surface area (TPSA) is 6.48 Å². The highest BCUT2D eigenvalue weighted by molar-refractivity contribution is 5.66. The predicted octanol–water partition coefficient (Wildman–Crippen LogP) is 5.45. The maximum absolute atomic E-state index is 2.54. The Bertz CT molecular complexity index is 829. The van der Waals surface area contributed by atoms with Gasteiger partial charge in [-0.05, 0) is 30.7 Å². The largest absolute Gasteiger partial charge is 0.365 e. The van der Waals surface area contributed by atoms with Crippen molar-refractivity contribution in [3.05, 3.63) is 96.1 Å². The van der Waals surface area contributed by atoms with Gasteiger partial charge in [0.1, 0.15) is 0 Å². The average Bonchev–Trinajstić information content (AvgIpc) is 3.03. The van der Waals surface area contributed by atoms with E-state index >= 15 is 0 Å². The summed E-state index contributed by atoms with van der Waals surface area (Å²) in [5.41, 5.74) is 5.38. The molecule has 0 fully saturated rings. The van der Waals surface area contributed by atoms with E-state index in [9.17, 15) is 0 Å². The first kappa shape index (κ1) is 15.8. The summed E-state index contributed by atoms with van der Waals surface area (Å²) in [4.78, 5) is 4.96. The van der Waals surface area contributed by atoms with Crippen LogP contribution in [0.4, 0.5) is 11.4 Å². The van der Waals surface area contributed by atoms with Crippen molar-refractivity contribution in [2.75, 3.05) is 23.4 Å².